The van der Waals surface area contributed by atoms with E-state index in [1.165, 1.54) is 12.8 Å². The lowest BCUT2D eigenvalue weighted by molar-refractivity contribution is -0.125. The second-order valence-electron chi connectivity index (χ2n) is 7.14. The van der Waals surface area contributed by atoms with Gasteiger partial charge in [0.25, 0.3) is 5.91 Å². The number of hydrogen-bond acceptors (Lipinski definition) is 5. The van der Waals surface area contributed by atoms with Gasteiger partial charge in [0, 0.05) is 24.7 Å². The number of para-hydroxylation sites is 1. The molecule has 6 nitrogen and oxygen atoms in total. The van der Waals surface area contributed by atoms with Gasteiger partial charge in [0.15, 0.2) is 12.9 Å². The Morgan fingerprint density at radius 3 is 2.69 bits per heavy atom. The summed E-state index contributed by atoms with van der Waals surface area (Å²) in [5.74, 6) is 0.284. The number of carbonyl (C=O) groups excluding carboxylic acids is 2. The van der Waals surface area contributed by atoms with Gasteiger partial charge in [-0.15, -0.1) is 0 Å². The second kappa shape index (κ2) is 8.64. The monoisotopic (exact) mass is 360 g/mol. The number of benzene rings is 1. The predicted molar refractivity (Wildman–Crippen MR) is 98.5 cm³/mol. The number of hydrogen-bond donors (Lipinski definition) is 1. The van der Waals surface area contributed by atoms with Gasteiger partial charge in [-0.1, -0.05) is 25.0 Å². The van der Waals surface area contributed by atoms with Crippen LogP contribution in [0.15, 0.2) is 24.3 Å². The van der Waals surface area contributed by atoms with Crippen LogP contribution in [0.3, 0.4) is 0 Å². The molecule has 1 amide bonds. The maximum atomic E-state index is 12.4. The zero-order chi connectivity index (χ0) is 18.4. The molecule has 26 heavy (non-hydrogen) atoms. The molecule has 1 saturated heterocycles. The lowest BCUT2D eigenvalue weighted by Crippen LogP contribution is -2.62. The largest absolute Gasteiger partial charge is 0.483 e. The van der Waals surface area contributed by atoms with Crippen LogP contribution in [0.2, 0.25) is 0 Å². The molecule has 0 radical (unpaired) electrons. The molecule has 0 bridgehead atoms. The van der Waals surface area contributed by atoms with Gasteiger partial charge in [-0.25, -0.2) is 0 Å². The number of nitrogens with one attached hydrogen (secondary N) is 1. The Labute approximate surface area is 154 Å². The standard InChI is InChI=1S/C20H28N2O4/c1-16(20(8-4-5-9-20)22-10-12-25-13-11-22)21-19(24)15-26-18-7-3-2-6-17(18)14-23/h2-3,6-7,14,16H,4-5,8-13,15H2,1H3,(H,21,24). The number of aldehydes is 1. The highest BCUT2D eigenvalue weighted by Crippen LogP contribution is 2.38. The maximum absolute atomic E-state index is 12.4. The molecule has 0 spiro atoms. The first-order valence-electron chi connectivity index (χ1n) is 9.45. The van der Waals surface area contributed by atoms with Gasteiger partial charge >= 0.3 is 0 Å². The van der Waals surface area contributed by atoms with Crippen LogP contribution in [0.25, 0.3) is 0 Å². The number of rotatable bonds is 7. The first-order valence-corrected chi connectivity index (χ1v) is 9.45. The fraction of sp³-hybridized carbons (Fsp3) is 0.600. The van der Waals surface area contributed by atoms with E-state index in [-0.39, 0.29) is 24.1 Å². The topological polar surface area (TPSA) is 67.9 Å². The number of ether oxygens (including phenoxy) is 2. The minimum atomic E-state index is -0.155. The van der Waals surface area contributed by atoms with Crippen molar-refractivity contribution in [1.82, 2.24) is 10.2 Å². The third kappa shape index (κ3) is 4.07. The number of morpholine rings is 1. The quantitative estimate of drug-likeness (QED) is 0.754. The number of carbonyl (C=O) groups is 2. The SMILES string of the molecule is CC(NC(=O)COc1ccccc1C=O)C1(N2CCOCC2)CCCC1. The minimum absolute atomic E-state index is 0.0140. The molecule has 1 aliphatic heterocycles. The van der Waals surface area contributed by atoms with Crippen LogP contribution in [0.4, 0.5) is 0 Å². The molecule has 6 heteroatoms. The molecule has 2 fully saturated rings. The van der Waals surface area contributed by atoms with Crippen molar-refractivity contribution in [1.29, 1.82) is 0 Å². The Morgan fingerprint density at radius 2 is 2.00 bits per heavy atom. The first-order chi connectivity index (χ1) is 12.7. The summed E-state index contributed by atoms with van der Waals surface area (Å²) in [5, 5.41) is 3.13. The van der Waals surface area contributed by atoms with E-state index in [9.17, 15) is 9.59 Å². The molecule has 0 aromatic heterocycles. The Balaban J connectivity index is 1.59. The molecule has 142 valence electrons. The van der Waals surface area contributed by atoms with Crippen molar-refractivity contribution >= 4 is 12.2 Å². The molecule has 1 unspecified atom stereocenters. The van der Waals surface area contributed by atoms with E-state index in [0.717, 1.165) is 45.4 Å². The van der Waals surface area contributed by atoms with E-state index in [0.29, 0.717) is 11.3 Å². The van der Waals surface area contributed by atoms with Crippen LogP contribution in [0, 0.1) is 0 Å². The number of amides is 1. The average Bonchev–Trinajstić information content (AvgIpc) is 3.18. The van der Waals surface area contributed by atoms with Crippen molar-refractivity contribution in [2.75, 3.05) is 32.9 Å². The molecule has 2 aliphatic rings. The van der Waals surface area contributed by atoms with E-state index in [4.69, 9.17) is 9.47 Å². The molecular formula is C20H28N2O4. The van der Waals surface area contributed by atoms with Crippen LogP contribution in [-0.4, -0.2) is 61.6 Å². The summed E-state index contributed by atoms with van der Waals surface area (Å²) >= 11 is 0. The molecule has 1 atom stereocenters. The smallest absolute Gasteiger partial charge is 0.258 e. The van der Waals surface area contributed by atoms with Gasteiger partial charge in [0.1, 0.15) is 5.75 Å². The highest BCUT2D eigenvalue weighted by Gasteiger charge is 2.44. The third-order valence-corrected chi connectivity index (χ3v) is 5.70. The maximum Gasteiger partial charge on any atom is 0.258 e. The van der Waals surface area contributed by atoms with E-state index >= 15 is 0 Å². The summed E-state index contributed by atoms with van der Waals surface area (Å²) in [4.78, 5) is 26.0. The van der Waals surface area contributed by atoms with E-state index in [1.807, 2.05) is 0 Å². The second-order valence-corrected chi connectivity index (χ2v) is 7.14. The Bertz CT molecular complexity index is 622. The van der Waals surface area contributed by atoms with E-state index in [2.05, 4.69) is 17.1 Å². The number of nitrogens with zero attached hydrogens (tertiary/aromatic N) is 1. The fourth-order valence-electron chi connectivity index (χ4n) is 4.29. The van der Waals surface area contributed by atoms with Crippen molar-refractivity contribution in [3.63, 3.8) is 0 Å². The normalized spacial score (nSPS) is 21.1. The first kappa shape index (κ1) is 18.9. The third-order valence-electron chi connectivity index (χ3n) is 5.70. The Morgan fingerprint density at radius 1 is 1.31 bits per heavy atom. The van der Waals surface area contributed by atoms with Crippen LogP contribution >= 0.6 is 0 Å². The van der Waals surface area contributed by atoms with Crippen molar-refractivity contribution in [2.24, 2.45) is 0 Å². The molecule has 1 saturated carbocycles. The summed E-state index contributed by atoms with van der Waals surface area (Å²) < 4.78 is 11.1. The molecular weight excluding hydrogens is 332 g/mol. The summed E-state index contributed by atoms with van der Waals surface area (Å²) in [6.45, 7) is 5.36. The van der Waals surface area contributed by atoms with Crippen LogP contribution in [0.5, 0.6) is 5.75 Å². The summed E-state index contributed by atoms with van der Waals surface area (Å²) in [6.07, 6.45) is 5.33. The van der Waals surface area contributed by atoms with Gasteiger partial charge in [-0.2, -0.15) is 0 Å². The highest BCUT2D eigenvalue weighted by atomic mass is 16.5. The van der Waals surface area contributed by atoms with E-state index in [1.54, 1.807) is 24.3 Å². The van der Waals surface area contributed by atoms with Crippen molar-refractivity contribution in [2.45, 2.75) is 44.2 Å². The Hall–Kier alpha value is -1.92. The van der Waals surface area contributed by atoms with Gasteiger partial charge < -0.3 is 14.8 Å². The molecule has 3 rings (SSSR count). The molecule has 1 heterocycles. The Kier molecular flexibility index (Phi) is 6.27. The van der Waals surface area contributed by atoms with Crippen molar-refractivity contribution in [3.8, 4) is 5.75 Å². The van der Waals surface area contributed by atoms with Crippen LogP contribution in [0.1, 0.15) is 43.0 Å². The van der Waals surface area contributed by atoms with Crippen LogP contribution < -0.4 is 10.1 Å². The molecule has 1 aromatic rings. The fourth-order valence-corrected chi connectivity index (χ4v) is 4.29. The van der Waals surface area contributed by atoms with Gasteiger partial charge in [-0.05, 0) is 31.9 Å². The lowest BCUT2D eigenvalue weighted by atomic mass is 9.86. The van der Waals surface area contributed by atoms with Gasteiger partial charge in [-0.3, -0.25) is 14.5 Å². The average molecular weight is 360 g/mol. The summed E-state index contributed by atoms with van der Waals surface area (Å²) in [7, 11) is 0. The zero-order valence-corrected chi connectivity index (χ0v) is 15.4. The van der Waals surface area contributed by atoms with E-state index < -0.39 is 0 Å². The highest BCUT2D eigenvalue weighted by molar-refractivity contribution is 5.81. The summed E-state index contributed by atoms with van der Waals surface area (Å²) in [6, 6.07) is 6.97. The van der Waals surface area contributed by atoms with Crippen molar-refractivity contribution in [3.05, 3.63) is 29.8 Å². The van der Waals surface area contributed by atoms with Crippen LogP contribution in [-0.2, 0) is 9.53 Å². The molecule has 1 aromatic carbocycles. The molecule has 1 aliphatic carbocycles. The summed E-state index contributed by atoms with van der Waals surface area (Å²) in [5.41, 5.74) is 0.467. The van der Waals surface area contributed by atoms with Crippen molar-refractivity contribution < 1.29 is 19.1 Å². The zero-order valence-electron chi connectivity index (χ0n) is 15.4. The molecule has 1 N–H and O–H groups in total. The van der Waals surface area contributed by atoms with Gasteiger partial charge in [0.2, 0.25) is 0 Å². The van der Waals surface area contributed by atoms with Gasteiger partial charge in [0.05, 0.1) is 18.8 Å². The minimum Gasteiger partial charge on any atom is -0.483 e. The lowest BCUT2D eigenvalue weighted by Gasteiger charge is -2.47. The predicted octanol–water partition coefficient (Wildman–Crippen LogP) is 2.03.